The van der Waals surface area contributed by atoms with E-state index in [1.807, 2.05) is 18.7 Å². The van der Waals surface area contributed by atoms with Crippen molar-refractivity contribution < 1.29 is 17.9 Å². The molecule has 1 amide bonds. The minimum Gasteiger partial charge on any atom is -0.373 e. The Morgan fingerprint density at radius 2 is 1.50 bits per heavy atom. The summed E-state index contributed by atoms with van der Waals surface area (Å²) in [5, 5.41) is 0. The van der Waals surface area contributed by atoms with Gasteiger partial charge in [0.1, 0.15) is 0 Å². The van der Waals surface area contributed by atoms with Crippen LogP contribution >= 0.6 is 0 Å². The predicted molar refractivity (Wildman–Crippen MR) is 99.6 cm³/mol. The van der Waals surface area contributed by atoms with Crippen molar-refractivity contribution in [1.82, 2.24) is 9.21 Å². The highest BCUT2D eigenvalue weighted by atomic mass is 32.2. The lowest BCUT2D eigenvalue weighted by atomic mass is 10.2. The maximum atomic E-state index is 12.9. The van der Waals surface area contributed by atoms with Crippen LogP contribution in [0.2, 0.25) is 0 Å². The highest BCUT2D eigenvalue weighted by molar-refractivity contribution is 7.89. The number of likely N-dealkylation sites (tertiary alicyclic amines) is 1. The van der Waals surface area contributed by atoms with Gasteiger partial charge in [-0.05, 0) is 51.0 Å². The predicted octanol–water partition coefficient (Wildman–Crippen LogP) is 2.50. The van der Waals surface area contributed by atoms with Crippen molar-refractivity contribution in [3.63, 3.8) is 0 Å². The molecule has 0 unspecified atom stereocenters. The van der Waals surface area contributed by atoms with Gasteiger partial charge in [0.15, 0.2) is 0 Å². The van der Waals surface area contributed by atoms with Crippen LogP contribution in [0.3, 0.4) is 0 Å². The molecule has 144 valence electrons. The highest BCUT2D eigenvalue weighted by Crippen LogP contribution is 2.22. The van der Waals surface area contributed by atoms with Crippen molar-refractivity contribution in [2.24, 2.45) is 0 Å². The average Bonchev–Trinajstić information content (AvgIpc) is 2.90. The zero-order chi connectivity index (χ0) is 18.7. The molecule has 2 heterocycles. The second-order valence-corrected chi connectivity index (χ2v) is 9.25. The van der Waals surface area contributed by atoms with E-state index in [4.69, 9.17) is 4.74 Å². The van der Waals surface area contributed by atoms with E-state index >= 15 is 0 Å². The Morgan fingerprint density at radius 1 is 0.962 bits per heavy atom. The molecule has 0 radical (unpaired) electrons. The van der Waals surface area contributed by atoms with E-state index in [1.54, 1.807) is 24.3 Å². The Labute approximate surface area is 156 Å². The summed E-state index contributed by atoms with van der Waals surface area (Å²) in [6.45, 7) is 6.01. The Hall–Kier alpha value is -1.44. The van der Waals surface area contributed by atoms with Crippen LogP contribution in [-0.4, -0.2) is 61.9 Å². The first-order valence-corrected chi connectivity index (χ1v) is 10.9. The van der Waals surface area contributed by atoms with E-state index in [2.05, 4.69) is 0 Å². The third-order valence-corrected chi connectivity index (χ3v) is 6.86. The van der Waals surface area contributed by atoms with E-state index < -0.39 is 10.0 Å². The van der Waals surface area contributed by atoms with E-state index in [0.717, 1.165) is 38.8 Å². The maximum Gasteiger partial charge on any atom is 0.253 e. The zero-order valence-corrected chi connectivity index (χ0v) is 16.4. The summed E-state index contributed by atoms with van der Waals surface area (Å²) in [7, 11) is -3.57. The van der Waals surface area contributed by atoms with Crippen molar-refractivity contribution in [3.05, 3.63) is 29.8 Å². The lowest BCUT2D eigenvalue weighted by molar-refractivity contribution is -0.0440. The fraction of sp³-hybridized carbons (Fsp3) is 0.632. The van der Waals surface area contributed by atoms with Gasteiger partial charge < -0.3 is 9.64 Å². The largest absolute Gasteiger partial charge is 0.373 e. The van der Waals surface area contributed by atoms with Gasteiger partial charge in [0.25, 0.3) is 5.91 Å². The molecule has 2 atom stereocenters. The lowest BCUT2D eigenvalue weighted by Gasteiger charge is -2.34. The summed E-state index contributed by atoms with van der Waals surface area (Å²) in [5.74, 6) is -0.00975. The fourth-order valence-electron chi connectivity index (χ4n) is 3.70. The molecule has 0 bridgehead atoms. The van der Waals surface area contributed by atoms with Crippen molar-refractivity contribution in [3.8, 4) is 0 Å². The molecular weight excluding hydrogens is 352 g/mol. The molecule has 2 saturated heterocycles. The van der Waals surface area contributed by atoms with Crippen LogP contribution in [0.1, 0.15) is 49.9 Å². The van der Waals surface area contributed by atoms with Crippen molar-refractivity contribution in [2.75, 3.05) is 26.2 Å². The van der Waals surface area contributed by atoms with Crippen LogP contribution in [-0.2, 0) is 14.8 Å². The van der Waals surface area contributed by atoms with E-state index in [1.165, 1.54) is 4.31 Å². The smallest absolute Gasteiger partial charge is 0.253 e. The van der Waals surface area contributed by atoms with Crippen LogP contribution in [0.5, 0.6) is 0 Å². The molecular formula is C19H28N2O4S. The molecule has 0 N–H and O–H groups in total. The van der Waals surface area contributed by atoms with Crippen LogP contribution in [0.25, 0.3) is 0 Å². The molecule has 0 spiro atoms. The summed E-state index contributed by atoms with van der Waals surface area (Å²) in [5.41, 5.74) is 0.551. The molecule has 0 saturated carbocycles. The Balaban J connectivity index is 1.75. The number of nitrogens with zero attached hydrogens (tertiary/aromatic N) is 2. The zero-order valence-electron chi connectivity index (χ0n) is 15.6. The van der Waals surface area contributed by atoms with Gasteiger partial charge >= 0.3 is 0 Å². The number of rotatable bonds is 3. The molecule has 6 nitrogen and oxygen atoms in total. The first kappa shape index (κ1) is 19.3. The SMILES string of the molecule is C[C@@H]1CN(S(=O)(=O)c2ccc(C(=O)N3CCCCCC3)cc2)C[C@@H](C)O1. The summed E-state index contributed by atoms with van der Waals surface area (Å²) < 4.78 is 32.9. The molecule has 2 aliphatic rings. The van der Waals surface area contributed by atoms with Crippen LogP contribution in [0.15, 0.2) is 29.2 Å². The molecule has 2 fully saturated rings. The molecule has 1 aromatic carbocycles. The second-order valence-electron chi connectivity index (χ2n) is 7.31. The Kier molecular flexibility index (Phi) is 5.99. The fourth-order valence-corrected chi connectivity index (χ4v) is 5.29. The standard InChI is InChI=1S/C19H28N2O4S/c1-15-13-21(14-16(2)25-15)26(23,24)18-9-7-17(8-10-18)19(22)20-11-5-3-4-6-12-20/h7-10,15-16H,3-6,11-14H2,1-2H3/t15-,16-/m1/s1. The van der Waals surface area contributed by atoms with Gasteiger partial charge in [-0.2, -0.15) is 4.31 Å². The molecule has 0 aromatic heterocycles. The van der Waals surface area contributed by atoms with Gasteiger partial charge in [-0.25, -0.2) is 8.42 Å². The minimum atomic E-state index is -3.57. The number of carbonyl (C=O) groups excluding carboxylic acids is 1. The van der Waals surface area contributed by atoms with Crippen molar-refractivity contribution in [2.45, 2.75) is 56.6 Å². The quantitative estimate of drug-likeness (QED) is 0.808. The van der Waals surface area contributed by atoms with Gasteiger partial charge in [0.05, 0.1) is 17.1 Å². The molecule has 26 heavy (non-hydrogen) atoms. The normalized spacial score (nSPS) is 25.7. The number of benzene rings is 1. The summed E-state index contributed by atoms with van der Waals surface area (Å²) in [6.07, 6.45) is 4.14. The number of hydrogen-bond acceptors (Lipinski definition) is 4. The number of sulfonamides is 1. The van der Waals surface area contributed by atoms with Crippen LogP contribution in [0.4, 0.5) is 0 Å². The monoisotopic (exact) mass is 380 g/mol. The first-order valence-electron chi connectivity index (χ1n) is 9.43. The lowest BCUT2D eigenvalue weighted by Crippen LogP contribution is -2.48. The third-order valence-electron chi connectivity index (χ3n) is 5.02. The van der Waals surface area contributed by atoms with E-state index in [9.17, 15) is 13.2 Å². The molecule has 7 heteroatoms. The van der Waals surface area contributed by atoms with Gasteiger partial charge in [-0.1, -0.05) is 12.8 Å². The molecule has 0 aliphatic carbocycles. The summed E-state index contributed by atoms with van der Waals surface area (Å²) in [6, 6.07) is 6.36. The third kappa shape index (κ3) is 4.27. The van der Waals surface area contributed by atoms with Gasteiger partial charge in [0, 0.05) is 31.7 Å². The van der Waals surface area contributed by atoms with Crippen LogP contribution < -0.4 is 0 Å². The Bertz CT molecular complexity index is 714. The maximum absolute atomic E-state index is 12.9. The van der Waals surface area contributed by atoms with Crippen molar-refractivity contribution in [1.29, 1.82) is 0 Å². The summed E-state index contributed by atoms with van der Waals surface area (Å²) in [4.78, 5) is 14.8. The van der Waals surface area contributed by atoms with Gasteiger partial charge in [-0.15, -0.1) is 0 Å². The number of ether oxygens (including phenoxy) is 1. The highest BCUT2D eigenvalue weighted by Gasteiger charge is 2.32. The summed E-state index contributed by atoms with van der Waals surface area (Å²) >= 11 is 0. The minimum absolute atomic E-state index is 0.00975. The molecule has 1 aromatic rings. The Morgan fingerprint density at radius 3 is 2.04 bits per heavy atom. The second kappa shape index (κ2) is 8.06. The van der Waals surface area contributed by atoms with Gasteiger partial charge in [-0.3, -0.25) is 4.79 Å². The van der Waals surface area contributed by atoms with E-state index in [0.29, 0.717) is 18.7 Å². The number of hydrogen-bond donors (Lipinski definition) is 0. The first-order chi connectivity index (χ1) is 12.4. The van der Waals surface area contributed by atoms with Crippen molar-refractivity contribution >= 4 is 15.9 Å². The number of carbonyl (C=O) groups is 1. The average molecular weight is 381 g/mol. The van der Waals surface area contributed by atoms with E-state index in [-0.39, 0.29) is 23.0 Å². The molecule has 3 rings (SSSR count). The number of amides is 1. The number of morpholine rings is 1. The molecule has 2 aliphatic heterocycles. The van der Waals surface area contributed by atoms with Gasteiger partial charge in [0.2, 0.25) is 10.0 Å². The van der Waals surface area contributed by atoms with Crippen LogP contribution in [0, 0.1) is 0 Å². The topological polar surface area (TPSA) is 66.9 Å².